The molecule has 0 unspecified atom stereocenters. The zero-order chi connectivity index (χ0) is 6.69. The van der Waals surface area contributed by atoms with E-state index in [1.807, 2.05) is 6.08 Å². The highest BCUT2D eigenvalue weighted by Gasteiger charge is 1.97. The summed E-state index contributed by atoms with van der Waals surface area (Å²) in [4.78, 5) is 3.83. The predicted molar refractivity (Wildman–Crippen MR) is 41.0 cm³/mol. The second-order valence-corrected chi connectivity index (χ2v) is 2.28. The quantitative estimate of drug-likeness (QED) is 0.485. The van der Waals surface area contributed by atoms with Gasteiger partial charge in [-0.15, -0.1) is 0 Å². The Balaban J connectivity index is 2.70. The summed E-state index contributed by atoms with van der Waals surface area (Å²) in [6.45, 7) is 0. The maximum atomic E-state index is 5.53. The zero-order valence-corrected chi connectivity index (χ0v) is 6.15. The Hall–Kier alpha value is -0.270. The monoisotopic (exact) mass is 161 g/mol. The molecule has 0 spiro atoms. The molecule has 0 saturated heterocycles. The molecule has 3 heteroatoms. The molecule has 0 aromatic rings. The fourth-order valence-electron chi connectivity index (χ4n) is 0.525. The van der Waals surface area contributed by atoms with Crippen molar-refractivity contribution in [3.63, 3.8) is 0 Å². The van der Waals surface area contributed by atoms with Crippen molar-refractivity contribution in [1.29, 1.82) is 0 Å². The lowest BCUT2D eigenvalue weighted by Gasteiger charge is -1.99. The first-order chi connectivity index (χ1) is 4.33. The van der Waals surface area contributed by atoms with E-state index in [0.29, 0.717) is 5.16 Å². The topological polar surface area (TPSA) is 12.4 Å². The summed E-state index contributed by atoms with van der Waals surface area (Å²) in [5.41, 5.74) is 2.49. The van der Waals surface area contributed by atoms with E-state index >= 15 is 0 Å². The van der Waals surface area contributed by atoms with Gasteiger partial charge in [0.25, 0.3) is 0 Å². The second kappa shape index (κ2) is 3.04. The Morgan fingerprint density at radius 2 is 2.44 bits per heavy atom. The predicted octanol–water partition coefficient (Wildman–Crippen LogP) is 2.66. The summed E-state index contributed by atoms with van der Waals surface area (Å²) >= 11 is 10.9. The van der Waals surface area contributed by atoms with Crippen LogP contribution in [0.15, 0.2) is 27.3 Å². The lowest BCUT2D eigenvalue weighted by atomic mass is 10.2. The van der Waals surface area contributed by atoms with E-state index < -0.39 is 0 Å². The fourth-order valence-corrected chi connectivity index (χ4v) is 0.796. The van der Waals surface area contributed by atoms with E-state index in [9.17, 15) is 0 Å². The Morgan fingerprint density at radius 1 is 1.67 bits per heavy atom. The van der Waals surface area contributed by atoms with Crippen molar-refractivity contribution < 1.29 is 0 Å². The summed E-state index contributed by atoms with van der Waals surface area (Å²) in [7, 11) is 0. The summed E-state index contributed by atoms with van der Waals surface area (Å²) in [5.74, 6) is 0. The maximum Gasteiger partial charge on any atom is 0.125 e. The third-order valence-electron chi connectivity index (χ3n) is 1.00. The summed E-state index contributed by atoms with van der Waals surface area (Å²) in [6, 6.07) is 0. The van der Waals surface area contributed by atoms with Crippen molar-refractivity contribution in [3.8, 4) is 0 Å². The van der Waals surface area contributed by atoms with Gasteiger partial charge in [-0.3, -0.25) is 0 Å². The van der Waals surface area contributed by atoms with E-state index in [1.54, 1.807) is 6.21 Å². The van der Waals surface area contributed by atoms with Crippen LogP contribution in [-0.4, -0.2) is 6.21 Å². The van der Waals surface area contributed by atoms with Crippen LogP contribution in [-0.2, 0) is 0 Å². The van der Waals surface area contributed by atoms with E-state index in [4.69, 9.17) is 23.2 Å². The molecule has 0 N–H and O–H groups in total. The second-order valence-electron chi connectivity index (χ2n) is 1.67. The Labute approximate surface area is 63.7 Å². The minimum absolute atomic E-state index is 0.539. The molecule has 0 amide bonds. The average Bonchev–Trinajstić information content (AvgIpc) is 1.90. The van der Waals surface area contributed by atoms with Gasteiger partial charge in [0.05, 0.1) is 0 Å². The van der Waals surface area contributed by atoms with Crippen molar-refractivity contribution in [3.05, 3.63) is 22.3 Å². The van der Waals surface area contributed by atoms with Gasteiger partial charge in [-0.2, -0.15) is 0 Å². The lowest BCUT2D eigenvalue weighted by molar-refractivity contribution is 1.26. The molecule has 48 valence electrons. The summed E-state index contributed by atoms with van der Waals surface area (Å²) < 4.78 is 0. The van der Waals surface area contributed by atoms with Crippen LogP contribution in [0.1, 0.15) is 6.42 Å². The molecule has 1 aliphatic rings. The van der Waals surface area contributed by atoms with Gasteiger partial charge in [-0.25, -0.2) is 4.99 Å². The molecule has 1 aliphatic heterocycles. The third kappa shape index (κ3) is 1.84. The minimum Gasteiger partial charge on any atom is -0.245 e. The largest absolute Gasteiger partial charge is 0.245 e. The molecule has 1 heterocycles. The van der Waals surface area contributed by atoms with Crippen LogP contribution in [0.25, 0.3) is 0 Å². The van der Waals surface area contributed by atoms with Gasteiger partial charge in [-0.1, -0.05) is 23.2 Å². The van der Waals surface area contributed by atoms with Gasteiger partial charge in [0.2, 0.25) is 0 Å². The number of hydrogen-bond donors (Lipinski definition) is 0. The van der Waals surface area contributed by atoms with E-state index in [1.165, 1.54) is 5.54 Å². The molecule has 0 saturated carbocycles. The number of nitrogens with zero attached hydrogens (tertiary/aromatic N) is 1. The Bertz CT molecular complexity index is 191. The van der Waals surface area contributed by atoms with E-state index in [2.05, 4.69) is 4.99 Å². The van der Waals surface area contributed by atoms with Crippen LogP contribution in [0.5, 0.6) is 0 Å². The standard InChI is InChI=1S/C6H5Cl2N/c7-3-5-1-2-6(8)9-4-5/h2-4H,1H2. The molecule has 0 aliphatic carbocycles. The molecule has 0 atom stereocenters. The van der Waals surface area contributed by atoms with Gasteiger partial charge in [0.15, 0.2) is 0 Å². The zero-order valence-electron chi connectivity index (χ0n) is 4.64. The molecule has 1 nitrogen and oxygen atoms in total. The molecule has 1 rings (SSSR count). The molecule has 0 bridgehead atoms. The van der Waals surface area contributed by atoms with Crippen molar-refractivity contribution in [2.45, 2.75) is 6.42 Å². The van der Waals surface area contributed by atoms with Crippen LogP contribution in [0.2, 0.25) is 0 Å². The van der Waals surface area contributed by atoms with Gasteiger partial charge >= 0.3 is 0 Å². The number of halogens is 2. The van der Waals surface area contributed by atoms with Gasteiger partial charge in [0, 0.05) is 11.7 Å². The highest BCUT2D eigenvalue weighted by molar-refractivity contribution is 6.30. The van der Waals surface area contributed by atoms with Crippen LogP contribution in [0.3, 0.4) is 0 Å². The SMILES string of the molecule is ClC=C1C=NC(Cl)=CC1. The van der Waals surface area contributed by atoms with Crippen molar-refractivity contribution in [2.75, 3.05) is 0 Å². The molecular weight excluding hydrogens is 157 g/mol. The van der Waals surface area contributed by atoms with Crippen LogP contribution < -0.4 is 0 Å². The average molecular weight is 162 g/mol. The number of hydrogen-bond acceptors (Lipinski definition) is 1. The number of rotatable bonds is 0. The van der Waals surface area contributed by atoms with Crippen molar-refractivity contribution >= 4 is 29.4 Å². The smallest absolute Gasteiger partial charge is 0.125 e. The van der Waals surface area contributed by atoms with E-state index in [-0.39, 0.29) is 0 Å². The van der Waals surface area contributed by atoms with Gasteiger partial charge < -0.3 is 0 Å². The first-order valence-corrected chi connectivity index (χ1v) is 3.33. The van der Waals surface area contributed by atoms with Crippen LogP contribution in [0.4, 0.5) is 0 Å². The number of allylic oxidation sites excluding steroid dienone is 2. The van der Waals surface area contributed by atoms with Gasteiger partial charge in [-0.05, 0) is 18.1 Å². The molecule has 0 radical (unpaired) electrons. The highest BCUT2D eigenvalue weighted by Crippen LogP contribution is 2.14. The Morgan fingerprint density at radius 3 is 2.89 bits per heavy atom. The van der Waals surface area contributed by atoms with E-state index in [0.717, 1.165) is 12.0 Å². The maximum absolute atomic E-state index is 5.53. The molecule has 9 heavy (non-hydrogen) atoms. The third-order valence-corrected chi connectivity index (χ3v) is 1.53. The normalized spacial score (nSPS) is 22.4. The fraction of sp³-hybridized carbons (Fsp3) is 0.167. The molecule has 0 fully saturated rings. The van der Waals surface area contributed by atoms with Gasteiger partial charge in [0.1, 0.15) is 5.16 Å². The highest BCUT2D eigenvalue weighted by atomic mass is 35.5. The van der Waals surface area contributed by atoms with Crippen LogP contribution in [0, 0.1) is 0 Å². The molecule has 0 aromatic carbocycles. The van der Waals surface area contributed by atoms with Crippen molar-refractivity contribution in [2.24, 2.45) is 4.99 Å². The summed E-state index contributed by atoms with van der Waals surface area (Å²) in [5, 5.41) is 0.539. The Kier molecular flexibility index (Phi) is 2.31. The lowest BCUT2D eigenvalue weighted by Crippen LogP contribution is -1.87. The van der Waals surface area contributed by atoms with Crippen molar-refractivity contribution in [1.82, 2.24) is 0 Å². The summed E-state index contributed by atoms with van der Waals surface area (Å²) in [6.07, 6.45) is 4.26. The molecule has 0 aromatic heterocycles. The van der Waals surface area contributed by atoms with Crippen LogP contribution >= 0.6 is 23.2 Å². The first-order valence-electron chi connectivity index (χ1n) is 2.52. The number of aliphatic imine (C=N–C) groups is 1. The molecular formula is C6H5Cl2N. The minimum atomic E-state index is 0.539. The first kappa shape index (κ1) is 6.84.